The Morgan fingerprint density at radius 2 is 1.79 bits per heavy atom. The van der Waals surface area contributed by atoms with Crippen LogP contribution >= 0.6 is 0 Å². The first kappa shape index (κ1) is 20.1. The predicted molar refractivity (Wildman–Crippen MR) is 111 cm³/mol. The summed E-state index contributed by atoms with van der Waals surface area (Å²) in [5.74, 6) is 0. The minimum atomic E-state index is -3.45. The highest BCUT2D eigenvalue weighted by Crippen LogP contribution is 2.25. The summed E-state index contributed by atoms with van der Waals surface area (Å²) in [4.78, 5) is 4.15. The second-order valence-corrected chi connectivity index (χ2v) is 10.5. The maximum Gasteiger partial charge on any atom is 0.200 e. The van der Waals surface area contributed by atoms with Gasteiger partial charge in [0.2, 0.25) is 0 Å². The summed E-state index contributed by atoms with van der Waals surface area (Å²) >= 11 is 0. The van der Waals surface area contributed by atoms with Gasteiger partial charge in [-0.25, -0.2) is 13.4 Å². The molecular formula is C21H26N4O2S. The van der Waals surface area contributed by atoms with E-state index in [4.69, 9.17) is 0 Å². The predicted octanol–water partition coefficient (Wildman–Crippen LogP) is 4.07. The van der Waals surface area contributed by atoms with Gasteiger partial charge < -0.3 is 5.32 Å². The molecular weight excluding hydrogens is 372 g/mol. The molecule has 0 fully saturated rings. The Hall–Kier alpha value is -2.67. The van der Waals surface area contributed by atoms with E-state index in [0.717, 1.165) is 11.3 Å². The SMILES string of the molecule is CC(Nc1ccc(S(=O)(=O)C(C)(C)C)nc1)c1cnn(Cc2ccccc2)c1. The van der Waals surface area contributed by atoms with Crippen LogP contribution in [0.15, 0.2) is 66.1 Å². The smallest absolute Gasteiger partial charge is 0.200 e. The average molecular weight is 399 g/mol. The van der Waals surface area contributed by atoms with E-state index in [1.165, 1.54) is 5.56 Å². The Bertz CT molecular complexity index is 1020. The number of benzene rings is 1. The van der Waals surface area contributed by atoms with Crippen LogP contribution in [0.5, 0.6) is 0 Å². The zero-order chi connectivity index (χ0) is 20.4. The van der Waals surface area contributed by atoms with Crippen LogP contribution < -0.4 is 5.32 Å². The van der Waals surface area contributed by atoms with E-state index in [1.807, 2.05) is 42.2 Å². The van der Waals surface area contributed by atoms with E-state index in [2.05, 4.69) is 27.5 Å². The van der Waals surface area contributed by atoms with Crippen LogP contribution in [0.1, 0.15) is 44.9 Å². The molecule has 0 saturated carbocycles. The molecule has 7 heteroatoms. The fourth-order valence-corrected chi connectivity index (χ4v) is 3.80. The third kappa shape index (κ3) is 4.42. The first-order valence-corrected chi connectivity index (χ1v) is 10.7. The van der Waals surface area contributed by atoms with Crippen molar-refractivity contribution in [2.75, 3.05) is 5.32 Å². The normalized spacial score (nSPS) is 13.3. The van der Waals surface area contributed by atoms with Crippen molar-refractivity contribution >= 4 is 15.5 Å². The minimum absolute atomic E-state index is 0.0106. The maximum atomic E-state index is 12.5. The molecule has 1 unspecified atom stereocenters. The maximum absolute atomic E-state index is 12.5. The number of rotatable bonds is 6. The first-order valence-electron chi connectivity index (χ1n) is 9.20. The van der Waals surface area contributed by atoms with Crippen molar-refractivity contribution in [1.82, 2.24) is 14.8 Å². The van der Waals surface area contributed by atoms with Gasteiger partial charge in [-0.05, 0) is 45.4 Å². The molecule has 0 bridgehead atoms. The summed E-state index contributed by atoms with van der Waals surface area (Å²) < 4.78 is 26.0. The van der Waals surface area contributed by atoms with Crippen LogP contribution in [-0.4, -0.2) is 27.9 Å². The minimum Gasteiger partial charge on any atom is -0.377 e. The molecule has 0 radical (unpaired) electrons. The summed E-state index contributed by atoms with van der Waals surface area (Å²) in [6.45, 7) is 7.76. The summed E-state index contributed by atoms with van der Waals surface area (Å²) in [6.07, 6.45) is 5.41. The van der Waals surface area contributed by atoms with E-state index < -0.39 is 14.6 Å². The number of nitrogens with zero attached hydrogens (tertiary/aromatic N) is 3. The highest BCUT2D eigenvalue weighted by atomic mass is 32.2. The number of hydrogen-bond acceptors (Lipinski definition) is 5. The molecule has 1 N–H and O–H groups in total. The van der Waals surface area contributed by atoms with Crippen molar-refractivity contribution in [1.29, 1.82) is 0 Å². The van der Waals surface area contributed by atoms with Crippen molar-refractivity contribution in [3.63, 3.8) is 0 Å². The van der Waals surface area contributed by atoms with Gasteiger partial charge in [0.05, 0.1) is 35.4 Å². The Kier molecular flexibility index (Phi) is 5.56. The van der Waals surface area contributed by atoms with Gasteiger partial charge in [0, 0.05) is 11.8 Å². The molecule has 28 heavy (non-hydrogen) atoms. The summed E-state index contributed by atoms with van der Waals surface area (Å²) in [5, 5.41) is 7.86. The van der Waals surface area contributed by atoms with Gasteiger partial charge in [-0.1, -0.05) is 30.3 Å². The van der Waals surface area contributed by atoms with E-state index in [1.54, 1.807) is 39.1 Å². The zero-order valence-electron chi connectivity index (χ0n) is 16.6. The molecule has 148 valence electrons. The van der Waals surface area contributed by atoms with Crippen molar-refractivity contribution in [2.45, 2.75) is 50.1 Å². The molecule has 3 rings (SSSR count). The second kappa shape index (κ2) is 7.75. The topological polar surface area (TPSA) is 76.9 Å². The van der Waals surface area contributed by atoms with Crippen LogP contribution in [0.2, 0.25) is 0 Å². The average Bonchev–Trinajstić information content (AvgIpc) is 3.11. The van der Waals surface area contributed by atoms with Crippen molar-refractivity contribution in [3.8, 4) is 0 Å². The monoisotopic (exact) mass is 398 g/mol. The molecule has 0 aliphatic heterocycles. The van der Waals surface area contributed by atoms with Gasteiger partial charge >= 0.3 is 0 Å². The molecule has 0 aliphatic carbocycles. The van der Waals surface area contributed by atoms with Crippen LogP contribution in [0.4, 0.5) is 5.69 Å². The third-order valence-corrected chi connectivity index (χ3v) is 6.95. The van der Waals surface area contributed by atoms with E-state index in [9.17, 15) is 8.42 Å². The highest BCUT2D eigenvalue weighted by molar-refractivity contribution is 7.92. The molecule has 0 aliphatic rings. The van der Waals surface area contributed by atoms with Gasteiger partial charge in [-0.3, -0.25) is 4.68 Å². The fourth-order valence-electron chi connectivity index (χ4n) is 2.73. The molecule has 0 saturated heterocycles. The van der Waals surface area contributed by atoms with Crippen molar-refractivity contribution < 1.29 is 8.42 Å². The molecule has 2 heterocycles. The second-order valence-electron chi connectivity index (χ2n) is 7.82. The lowest BCUT2D eigenvalue weighted by Crippen LogP contribution is -2.28. The van der Waals surface area contributed by atoms with Gasteiger partial charge in [-0.15, -0.1) is 0 Å². The Labute approximate surface area is 166 Å². The Morgan fingerprint density at radius 1 is 1.07 bits per heavy atom. The zero-order valence-corrected chi connectivity index (χ0v) is 17.4. The van der Waals surface area contributed by atoms with Crippen LogP contribution in [0.25, 0.3) is 0 Å². The van der Waals surface area contributed by atoms with Crippen molar-refractivity contribution in [3.05, 3.63) is 72.2 Å². The van der Waals surface area contributed by atoms with E-state index in [0.29, 0.717) is 6.54 Å². The lowest BCUT2D eigenvalue weighted by atomic mass is 10.2. The van der Waals surface area contributed by atoms with Crippen molar-refractivity contribution in [2.24, 2.45) is 0 Å². The number of pyridine rings is 1. The molecule has 6 nitrogen and oxygen atoms in total. The van der Waals surface area contributed by atoms with Gasteiger partial charge in [0.1, 0.15) is 0 Å². The summed E-state index contributed by atoms with van der Waals surface area (Å²) in [6, 6.07) is 13.5. The molecule has 3 aromatic rings. The number of hydrogen-bond donors (Lipinski definition) is 1. The van der Waals surface area contributed by atoms with Gasteiger partial charge in [0.25, 0.3) is 0 Å². The van der Waals surface area contributed by atoms with Gasteiger partial charge in [-0.2, -0.15) is 5.10 Å². The third-order valence-electron chi connectivity index (χ3n) is 4.54. The molecule has 0 spiro atoms. The number of aromatic nitrogens is 3. The standard InChI is InChI=1S/C21H26N4O2S/c1-16(18-12-23-25(15-18)14-17-8-6-5-7-9-17)24-19-10-11-20(22-13-19)28(26,27)21(2,3)4/h5-13,15-16,24H,14H2,1-4H3. The molecule has 0 amide bonds. The van der Waals surface area contributed by atoms with Gasteiger partial charge in [0.15, 0.2) is 14.9 Å². The number of nitrogens with one attached hydrogen (secondary N) is 1. The quantitative estimate of drug-likeness (QED) is 0.677. The summed E-state index contributed by atoms with van der Waals surface area (Å²) in [7, 11) is -3.45. The van der Waals surface area contributed by atoms with E-state index >= 15 is 0 Å². The largest absolute Gasteiger partial charge is 0.377 e. The fraction of sp³-hybridized carbons (Fsp3) is 0.333. The first-order chi connectivity index (χ1) is 13.2. The number of sulfone groups is 1. The molecule has 2 aromatic heterocycles. The van der Waals surface area contributed by atoms with E-state index in [-0.39, 0.29) is 11.1 Å². The summed E-state index contributed by atoms with van der Waals surface area (Å²) in [5.41, 5.74) is 3.00. The van der Waals surface area contributed by atoms with Crippen LogP contribution in [0, 0.1) is 0 Å². The van der Waals surface area contributed by atoms with Crippen LogP contribution in [0.3, 0.4) is 0 Å². The highest BCUT2D eigenvalue weighted by Gasteiger charge is 2.31. The molecule has 1 atom stereocenters. The number of anilines is 1. The molecule has 1 aromatic carbocycles. The Balaban J connectivity index is 1.67. The Morgan fingerprint density at radius 3 is 2.39 bits per heavy atom. The lowest BCUT2D eigenvalue weighted by molar-refractivity contribution is 0.556. The van der Waals surface area contributed by atoms with Crippen LogP contribution in [-0.2, 0) is 16.4 Å². The lowest BCUT2D eigenvalue weighted by Gasteiger charge is -2.19.